The zero-order valence-electron chi connectivity index (χ0n) is 18.1. The van der Waals surface area contributed by atoms with Crippen LogP contribution in [0.4, 0.5) is 0 Å². The van der Waals surface area contributed by atoms with E-state index < -0.39 is 0 Å². The molecule has 29 heavy (non-hydrogen) atoms. The first-order valence-corrected chi connectivity index (χ1v) is 11.4. The van der Waals surface area contributed by atoms with E-state index in [0.717, 1.165) is 63.5 Å². The number of imidazole rings is 1. The van der Waals surface area contributed by atoms with Crippen LogP contribution in [0.15, 0.2) is 24.3 Å². The summed E-state index contributed by atoms with van der Waals surface area (Å²) in [4.78, 5) is 2.42. The van der Waals surface area contributed by atoms with E-state index in [9.17, 15) is 0 Å². The number of ether oxygens (including phenoxy) is 2. The van der Waals surface area contributed by atoms with E-state index in [1.165, 1.54) is 38.5 Å². The van der Waals surface area contributed by atoms with Crippen LogP contribution >= 0.6 is 0 Å². The molecule has 0 unspecified atom stereocenters. The molecule has 1 aliphatic heterocycles. The number of fused-ring (bicyclic) bond motifs is 1. The number of para-hydroxylation sites is 2. The molecule has 0 spiro atoms. The number of benzene rings is 1. The fraction of sp³-hybridized carbons (Fsp3) is 0.696. The smallest absolute Gasteiger partial charge is 0.204 e. The van der Waals surface area contributed by atoms with E-state index in [2.05, 4.69) is 34.6 Å². The molecule has 162 valence electrons. The van der Waals surface area contributed by atoms with Crippen molar-refractivity contribution in [1.29, 1.82) is 5.41 Å². The Balaban J connectivity index is 1.51. The maximum absolute atomic E-state index is 8.71. The van der Waals surface area contributed by atoms with Gasteiger partial charge in [-0.15, -0.1) is 0 Å². The molecule has 1 aromatic heterocycles. The van der Waals surface area contributed by atoms with Gasteiger partial charge < -0.3 is 14.0 Å². The summed E-state index contributed by atoms with van der Waals surface area (Å²) in [6, 6.07) is 8.30. The van der Waals surface area contributed by atoms with Gasteiger partial charge in [-0.1, -0.05) is 57.6 Å². The van der Waals surface area contributed by atoms with Crippen molar-refractivity contribution in [2.45, 2.75) is 65.1 Å². The van der Waals surface area contributed by atoms with Crippen molar-refractivity contribution in [2.75, 3.05) is 39.5 Å². The van der Waals surface area contributed by atoms with Gasteiger partial charge in [-0.3, -0.25) is 14.9 Å². The molecule has 1 aromatic carbocycles. The summed E-state index contributed by atoms with van der Waals surface area (Å²) in [5.41, 5.74) is 2.73. The van der Waals surface area contributed by atoms with Crippen LogP contribution in [0.3, 0.4) is 0 Å². The molecule has 2 aromatic rings. The van der Waals surface area contributed by atoms with Crippen molar-refractivity contribution in [3.63, 3.8) is 0 Å². The van der Waals surface area contributed by atoms with Gasteiger partial charge in [0, 0.05) is 32.8 Å². The van der Waals surface area contributed by atoms with Crippen LogP contribution in [0.1, 0.15) is 51.9 Å². The van der Waals surface area contributed by atoms with Gasteiger partial charge in [-0.25, -0.2) is 0 Å². The number of morpholine rings is 1. The molecule has 0 bridgehead atoms. The van der Waals surface area contributed by atoms with Gasteiger partial charge in [0.15, 0.2) is 0 Å². The van der Waals surface area contributed by atoms with Gasteiger partial charge in [-0.05, 0) is 18.6 Å². The van der Waals surface area contributed by atoms with E-state index in [0.29, 0.717) is 12.3 Å². The molecule has 1 N–H and O–H groups in total. The second-order valence-corrected chi connectivity index (χ2v) is 8.00. The topological polar surface area (TPSA) is 55.4 Å². The number of unbranched alkanes of at least 4 members (excludes halogenated alkanes) is 6. The molecule has 1 saturated heterocycles. The van der Waals surface area contributed by atoms with Crippen LogP contribution in [-0.4, -0.2) is 53.5 Å². The average Bonchev–Trinajstić information content (AvgIpc) is 3.03. The average molecular weight is 403 g/mol. The first-order chi connectivity index (χ1) is 14.3. The summed E-state index contributed by atoms with van der Waals surface area (Å²) < 4.78 is 15.5. The van der Waals surface area contributed by atoms with Crippen molar-refractivity contribution in [3.05, 3.63) is 29.9 Å². The van der Waals surface area contributed by atoms with Crippen LogP contribution < -0.4 is 5.62 Å². The maximum atomic E-state index is 8.71. The number of hydrogen-bond donors (Lipinski definition) is 1. The molecule has 1 aliphatic rings. The second kappa shape index (κ2) is 12.2. The normalized spacial score (nSPS) is 15.3. The van der Waals surface area contributed by atoms with Gasteiger partial charge in [0.1, 0.15) is 6.73 Å². The van der Waals surface area contributed by atoms with E-state index in [-0.39, 0.29) is 0 Å². The number of nitrogens with zero attached hydrogens (tertiary/aromatic N) is 3. The zero-order chi connectivity index (χ0) is 20.3. The Morgan fingerprint density at radius 2 is 1.55 bits per heavy atom. The van der Waals surface area contributed by atoms with Crippen LogP contribution in [0, 0.1) is 5.41 Å². The Kier molecular flexibility index (Phi) is 9.25. The Bertz CT molecular complexity index is 777. The molecule has 0 aliphatic carbocycles. The van der Waals surface area contributed by atoms with E-state index in [4.69, 9.17) is 14.9 Å². The first kappa shape index (κ1) is 22.1. The van der Waals surface area contributed by atoms with Crippen molar-refractivity contribution < 1.29 is 9.47 Å². The molecule has 2 heterocycles. The lowest BCUT2D eigenvalue weighted by molar-refractivity contribution is 0.0362. The zero-order valence-corrected chi connectivity index (χ0v) is 18.1. The molecule has 0 atom stereocenters. The molecule has 6 nitrogen and oxygen atoms in total. The third-order valence-electron chi connectivity index (χ3n) is 5.83. The molecule has 6 heteroatoms. The summed E-state index contributed by atoms with van der Waals surface area (Å²) in [7, 11) is 0. The quantitative estimate of drug-likeness (QED) is 0.516. The van der Waals surface area contributed by atoms with Crippen molar-refractivity contribution >= 4 is 11.0 Å². The molecule has 0 saturated carbocycles. The highest BCUT2D eigenvalue weighted by molar-refractivity contribution is 5.75. The van der Waals surface area contributed by atoms with Crippen molar-refractivity contribution in [1.82, 2.24) is 14.0 Å². The number of aromatic nitrogens is 2. The monoisotopic (exact) mass is 402 g/mol. The molecular weight excluding hydrogens is 364 g/mol. The highest BCUT2D eigenvalue weighted by Gasteiger charge is 2.14. The van der Waals surface area contributed by atoms with Gasteiger partial charge in [0.25, 0.3) is 0 Å². The van der Waals surface area contributed by atoms with Crippen LogP contribution in [0.2, 0.25) is 0 Å². The molecule has 0 amide bonds. The molecule has 0 radical (unpaired) electrons. The second-order valence-electron chi connectivity index (χ2n) is 8.00. The summed E-state index contributed by atoms with van der Waals surface area (Å²) in [6.45, 7) is 8.84. The SMILES string of the molecule is CCCCCCCCCOCn1c(=N)n(CCN2CCOCC2)c2ccccc21. The van der Waals surface area contributed by atoms with Crippen LogP contribution in [-0.2, 0) is 22.7 Å². The largest absolute Gasteiger partial charge is 0.379 e. The van der Waals surface area contributed by atoms with E-state index in [1.807, 2.05) is 10.6 Å². The lowest BCUT2D eigenvalue weighted by atomic mass is 10.1. The minimum absolute atomic E-state index is 0.458. The number of rotatable bonds is 13. The minimum atomic E-state index is 0.458. The van der Waals surface area contributed by atoms with Crippen molar-refractivity contribution in [2.24, 2.45) is 0 Å². The Hall–Kier alpha value is -1.63. The highest BCUT2D eigenvalue weighted by Crippen LogP contribution is 2.13. The van der Waals surface area contributed by atoms with Crippen molar-refractivity contribution in [3.8, 4) is 0 Å². The van der Waals surface area contributed by atoms with Gasteiger partial charge in [-0.2, -0.15) is 0 Å². The summed E-state index contributed by atoms with van der Waals surface area (Å²) in [5, 5.41) is 8.71. The highest BCUT2D eigenvalue weighted by atomic mass is 16.5. The first-order valence-electron chi connectivity index (χ1n) is 11.4. The predicted molar refractivity (Wildman–Crippen MR) is 117 cm³/mol. The lowest BCUT2D eigenvalue weighted by Gasteiger charge is -2.26. The molecule has 1 fully saturated rings. The summed E-state index contributed by atoms with van der Waals surface area (Å²) in [5.74, 6) is 0. The van der Waals surface area contributed by atoms with E-state index in [1.54, 1.807) is 0 Å². The Labute approximate surface area is 174 Å². The number of hydrogen-bond acceptors (Lipinski definition) is 4. The third-order valence-corrected chi connectivity index (χ3v) is 5.83. The van der Waals surface area contributed by atoms with Gasteiger partial charge >= 0.3 is 0 Å². The number of nitrogens with one attached hydrogen (secondary N) is 1. The summed E-state index contributed by atoms with van der Waals surface area (Å²) in [6.07, 6.45) is 9.01. The van der Waals surface area contributed by atoms with Crippen LogP contribution in [0.25, 0.3) is 11.0 Å². The maximum Gasteiger partial charge on any atom is 0.204 e. The fourth-order valence-corrected chi connectivity index (χ4v) is 4.03. The summed E-state index contributed by atoms with van der Waals surface area (Å²) >= 11 is 0. The Morgan fingerprint density at radius 1 is 0.897 bits per heavy atom. The Morgan fingerprint density at radius 3 is 2.28 bits per heavy atom. The minimum Gasteiger partial charge on any atom is -0.379 e. The lowest BCUT2D eigenvalue weighted by Crippen LogP contribution is -2.39. The van der Waals surface area contributed by atoms with E-state index >= 15 is 0 Å². The standard InChI is InChI=1S/C23H38N4O2/c1-2-3-4-5-6-7-10-17-29-20-27-22-12-9-8-11-21(22)26(23(27)24)14-13-25-15-18-28-19-16-25/h8-9,11-12,24H,2-7,10,13-20H2,1H3. The third kappa shape index (κ3) is 6.43. The fourth-order valence-electron chi connectivity index (χ4n) is 4.03. The predicted octanol–water partition coefficient (Wildman–Crippen LogP) is 3.98. The van der Waals surface area contributed by atoms with Crippen LogP contribution in [0.5, 0.6) is 0 Å². The molecular formula is C23H38N4O2. The molecule has 3 rings (SSSR count). The van der Waals surface area contributed by atoms with Gasteiger partial charge in [0.2, 0.25) is 5.62 Å². The van der Waals surface area contributed by atoms with Gasteiger partial charge in [0.05, 0.1) is 24.2 Å².